The highest BCUT2D eigenvalue weighted by atomic mass is 35.5. The molecule has 3 aromatic rings. The van der Waals surface area contributed by atoms with Gasteiger partial charge in [-0.25, -0.2) is 4.79 Å². The van der Waals surface area contributed by atoms with E-state index in [2.05, 4.69) is 16.0 Å². The molecular weight excluding hydrogens is 589 g/mol. The largest absolute Gasteiger partial charge is 0.459 e. The molecule has 1 aliphatic rings. The van der Waals surface area contributed by atoms with Crippen LogP contribution in [-0.2, 0) is 17.9 Å². The van der Waals surface area contributed by atoms with Crippen molar-refractivity contribution in [1.29, 1.82) is 0 Å². The summed E-state index contributed by atoms with van der Waals surface area (Å²) in [6.07, 6.45) is 8.71. The fourth-order valence-corrected chi connectivity index (χ4v) is 5.54. The van der Waals surface area contributed by atoms with E-state index in [4.69, 9.17) is 33.4 Å². The van der Waals surface area contributed by atoms with Crippen LogP contribution in [0.25, 0.3) is 0 Å². The molecular formula is C32H39Cl2N5O4. The molecule has 0 bridgehead atoms. The molecule has 11 heteroatoms. The zero-order chi connectivity index (χ0) is 30.6. The molecule has 1 saturated carbocycles. The summed E-state index contributed by atoms with van der Waals surface area (Å²) in [6.45, 7) is 1.17. The Morgan fingerprint density at radius 2 is 1.70 bits per heavy atom. The summed E-state index contributed by atoms with van der Waals surface area (Å²) in [6, 6.07) is 14.9. The summed E-state index contributed by atoms with van der Waals surface area (Å²) < 4.78 is 5.41. The average Bonchev–Trinajstić information content (AvgIpc) is 3.56. The number of nitrogens with two attached hydrogens (primary N) is 1. The molecule has 1 heterocycles. The summed E-state index contributed by atoms with van der Waals surface area (Å²) in [5, 5.41) is 9.28. The summed E-state index contributed by atoms with van der Waals surface area (Å²) in [5.74, 6) is -0.104. The van der Waals surface area contributed by atoms with Crippen molar-refractivity contribution in [3.05, 3.63) is 87.8 Å². The van der Waals surface area contributed by atoms with Crippen molar-refractivity contribution >= 4 is 46.7 Å². The molecule has 4 rings (SSSR count). The highest BCUT2D eigenvalue weighted by Gasteiger charge is 2.28. The van der Waals surface area contributed by atoms with Crippen LogP contribution in [-0.4, -0.2) is 41.4 Å². The summed E-state index contributed by atoms with van der Waals surface area (Å²) in [4.78, 5) is 41.0. The first kappa shape index (κ1) is 32.4. The third-order valence-electron chi connectivity index (χ3n) is 7.59. The van der Waals surface area contributed by atoms with Gasteiger partial charge < -0.3 is 31.0 Å². The Morgan fingerprint density at radius 3 is 2.37 bits per heavy atom. The van der Waals surface area contributed by atoms with Crippen LogP contribution in [0.15, 0.2) is 65.3 Å². The number of nitrogens with zero attached hydrogens (tertiary/aromatic N) is 1. The van der Waals surface area contributed by atoms with Gasteiger partial charge in [-0.05, 0) is 86.2 Å². The third-order valence-corrected chi connectivity index (χ3v) is 8.33. The number of amides is 4. The first-order valence-electron chi connectivity index (χ1n) is 14.8. The Bertz CT molecular complexity index is 1340. The lowest BCUT2D eigenvalue weighted by Crippen LogP contribution is -2.47. The van der Waals surface area contributed by atoms with Crippen molar-refractivity contribution in [2.75, 3.05) is 11.9 Å². The molecule has 1 atom stereocenters. The Kier molecular flexibility index (Phi) is 12.3. The number of carbonyl (C=O) groups excluding carboxylic acids is 3. The fourth-order valence-electron chi connectivity index (χ4n) is 5.22. The third kappa shape index (κ3) is 9.74. The zero-order valence-corrected chi connectivity index (χ0v) is 25.6. The molecule has 0 unspecified atom stereocenters. The van der Waals surface area contributed by atoms with E-state index in [0.717, 1.165) is 43.2 Å². The number of nitrogens with one attached hydrogen (secondary N) is 3. The Morgan fingerprint density at radius 1 is 0.953 bits per heavy atom. The normalized spacial score (nSPS) is 14.1. The number of hydrogen-bond donors (Lipinski definition) is 4. The molecule has 0 spiro atoms. The van der Waals surface area contributed by atoms with Crippen LogP contribution < -0.4 is 21.7 Å². The van der Waals surface area contributed by atoms with Gasteiger partial charge in [-0.15, -0.1) is 0 Å². The number of halogens is 2. The quantitative estimate of drug-likeness (QED) is 0.161. The smallest absolute Gasteiger partial charge is 0.315 e. The second-order valence-electron chi connectivity index (χ2n) is 10.8. The minimum Gasteiger partial charge on any atom is -0.459 e. The summed E-state index contributed by atoms with van der Waals surface area (Å²) >= 11 is 12.0. The first-order chi connectivity index (χ1) is 20.8. The molecule has 1 fully saturated rings. The monoisotopic (exact) mass is 627 g/mol. The number of furan rings is 1. The van der Waals surface area contributed by atoms with Crippen LogP contribution >= 0.6 is 23.2 Å². The molecule has 9 nitrogen and oxygen atoms in total. The van der Waals surface area contributed by atoms with Crippen LogP contribution in [0.3, 0.4) is 0 Å². The molecule has 0 radical (unpaired) electrons. The van der Waals surface area contributed by atoms with Gasteiger partial charge in [-0.1, -0.05) is 60.7 Å². The zero-order valence-electron chi connectivity index (χ0n) is 24.1. The van der Waals surface area contributed by atoms with Crippen LogP contribution in [0.1, 0.15) is 73.0 Å². The van der Waals surface area contributed by atoms with Gasteiger partial charge in [0, 0.05) is 24.8 Å². The van der Waals surface area contributed by atoms with Crippen LogP contribution in [0.2, 0.25) is 10.0 Å². The van der Waals surface area contributed by atoms with Crippen molar-refractivity contribution in [2.24, 2.45) is 5.73 Å². The standard InChI is InChI=1S/C32H39Cl2N5O4/c33-26-16-13-23(19-27(26)34)20-36-32(42)38-28(9-4-5-17-35)30(40)37-24-14-11-22(12-15-24)21-39(25-7-2-1-3-8-25)31(41)29-10-6-18-43-29/h6,10-16,18-19,25,28H,1-5,7-9,17,20-21,35H2,(H,37,40)(H2,36,38,42)/t28-/m0/s1. The Hall–Kier alpha value is -3.53. The number of anilines is 1. The molecule has 1 aromatic heterocycles. The lowest BCUT2D eigenvalue weighted by atomic mass is 9.93. The Balaban J connectivity index is 1.36. The predicted molar refractivity (Wildman–Crippen MR) is 169 cm³/mol. The van der Waals surface area contributed by atoms with Crippen molar-refractivity contribution in [2.45, 2.75) is 76.5 Å². The van der Waals surface area contributed by atoms with Gasteiger partial charge in [0.2, 0.25) is 5.91 Å². The number of rotatable bonds is 13. The topological polar surface area (TPSA) is 130 Å². The van der Waals surface area contributed by atoms with Gasteiger partial charge in [0.1, 0.15) is 6.04 Å². The highest BCUT2D eigenvalue weighted by molar-refractivity contribution is 6.42. The van der Waals surface area contributed by atoms with Gasteiger partial charge >= 0.3 is 6.03 Å². The molecule has 4 amide bonds. The maximum Gasteiger partial charge on any atom is 0.315 e. The number of carbonyl (C=O) groups is 3. The Labute approximate surface area is 262 Å². The van der Waals surface area contributed by atoms with E-state index in [-0.39, 0.29) is 24.4 Å². The number of urea groups is 1. The van der Waals surface area contributed by atoms with Gasteiger partial charge in [0.05, 0.1) is 16.3 Å². The van der Waals surface area contributed by atoms with E-state index in [9.17, 15) is 14.4 Å². The second-order valence-corrected chi connectivity index (χ2v) is 11.6. The minimum atomic E-state index is -0.757. The second kappa shape index (κ2) is 16.4. The van der Waals surface area contributed by atoms with Crippen LogP contribution in [0.5, 0.6) is 0 Å². The van der Waals surface area contributed by atoms with E-state index < -0.39 is 12.1 Å². The van der Waals surface area contributed by atoms with E-state index >= 15 is 0 Å². The van der Waals surface area contributed by atoms with Crippen molar-refractivity contribution in [3.8, 4) is 0 Å². The van der Waals surface area contributed by atoms with Gasteiger partial charge in [-0.3, -0.25) is 9.59 Å². The van der Waals surface area contributed by atoms with Gasteiger partial charge in [0.25, 0.3) is 5.91 Å². The minimum absolute atomic E-state index is 0.113. The molecule has 5 N–H and O–H groups in total. The SMILES string of the molecule is NCCCC[C@H](NC(=O)NCc1ccc(Cl)c(Cl)c1)C(=O)Nc1ccc(CN(C(=O)c2ccco2)C2CCCCC2)cc1. The van der Waals surface area contributed by atoms with Crippen molar-refractivity contribution in [1.82, 2.24) is 15.5 Å². The van der Waals surface area contributed by atoms with Crippen LogP contribution in [0, 0.1) is 0 Å². The molecule has 230 valence electrons. The number of unbranched alkanes of at least 4 members (excludes halogenated alkanes) is 1. The lowest BCUT2D eigenvalue weighted by Gasteiger charge is -2.34. The summed E-state index contributed by atoms with van der Waals surface area (Å²) in [5.41, 5.74) is 7.96. The average molecular weight is 629 g/mol. The van der Waals surface area contributed by atoms with E-state index in [1.165, 1.54) is 12.7 Å². The highest BCUT2D eigenvalue weighted by Crippen LogP contribution is 2.26. The van der Waals surface area contributed by atoms with Crippen molar-refractivity contribution in [3.63, 3.8) is 0 Å². The predicted octanol–water partition coefficient (Wildman–Crippen LogP) is 6.50. The lowest BCUT2D eigenvalue weighted by molar-refractivity contribution is -0.118. The number of hydrogen-bond acceptors (Lipinski definition) is 5. The van der Waals surface area contributed by atoms with E-state index in [1.807, 2.05) is 29.2 Å². The molecule has 43 heavy (non-hydrogen) atoms. The van der Waals surface area contributed by atoms with Gasteiger partial charge in [0.15, 0.2) is 5.76 Å². The maximum absolute atomic E-state index is 13.3. The summed E-state index contributed by atoms with van der Waals surface area (Å²) in [7, 11) is 0. The maximum atomic E-state index is 13.3. The van der Waals surface area contributed by atoms with Crippen molar-refractivity contribution < 1.29 is 18.8 Å². The fraction of sp³-hybridized carbons (Fsp3) is 0.406. The molecule has 0 aliphatic heterocycles. The van der Waals surface area contributed by atoms with Gasteiger partial charge in [-0.2, -0.15) is 0 Å². The molecule has 1 aliphatic carbocycles. The molecule has 0 saturated heterocycles. The van der Waals surface area contributed by atoms with E-state index in [1.54, 1.807) is 30.3 Å². The molecule has 2 aromatic carbocycles. The van der Waals surface area contributed by atoms with Crippen LogP contribution in [0.4, 0.5) is 10.5 Å². The first-order valence-corrected chi connectivity index (χ1v) is 15.5. The van der Waals surface area contributed by atoms with E-state index in [0.29, 0.717) is 47.4 Å². The number of benzene rings is 2.